The minimum atomic E-state index is 0.0950. The zero-order valence-electron chi connectivity index (χ0n) is 11.6. The molecule has 0 heterocycles. The molecule has 1 aromatic carbocycles. The van der Waals surface area contributed by atoms with Gasteiger partial charge in [-0.3, -0.25) is 0 Å². The Labute approximate surface area is 115 Å². The molecule has 0 bridgehead atoms. The van der Waals surface area contributed by atoms with Gasteiger partial charge in [0.05, 0.1) is 12.7 Å². The van der Waals surface area contributed by atoms with E-state index < -0.39 is 0 Å². The Morgan fingerprint density at radius 2 is 2.16 bits per heavy atom. The van der Waals surface area contributed by atoms with Crippen LogP contribution in [0.15, 0.2) is 24.3 Å². The summed E-state index contributed by atoms with van der Waals surface area (Å²) in [4.78, 5) is 0. The second-order valence-electron chi connectivity index (χ2n) is 5.78. The Bertz CT molecular complexity index is 442. The van der Waals surface area contributed by atoms with Crippen LogP contribution in [0.3, 0.4) is 0 Å². The molecule has 1 aromatic rings. The van der Waals surface area contributed by atoms with Gasteiger partial charge in [-0.25, -0.2) is 0 Å². The number of aliphatic hydroxyl groups excluding tert-OH is 1. The average molecular weight is 261 g/mol. The Morgan fingerprint density at radius 3 is 2.79 bits per heavy atom. The monoisotopic (exact) mass is 261 g/mol. The molecule has 3 heteroatoms. The fourth-order valence-corrected chi connectivity index (χ4v) is 3.63. The van der Waals surface area contributed by atoms with Gasteiger partial charge in [0.2, 0.25) is 0 Å². The fourth-order valence-electron chi connectivity index (χ4n) is 3.63. The first-order valence-corrected chi connectivity index (χ1v) is 7.37. The molecule has 3 nitrogen and oxygen atoms in total. The minimum Gasteiger partial charge on any atom is -0.392 e. The summed E-state index contributed by atoms with van der Waals surface area (Å²) in [6.07, 6.45) is 5.40. The maximum absolute atomic E-state index is 9.39. The number of rotatable bonds is 5. The van der Waals surface area contributed by atoms with Crippen LogP contribution < -0.4 is 5.32 Å². The van der Waals surface area contributed by atoms with Gasteiger partial charge >= 0.3 is 0 Å². The predicted molar refractivity (Wildman–Crippen MR) is 76.1 cm³/mol. The lowest BCUT2D eigenvalue weighted by molar-refractivity contribution is -0.157. The smallest absolute Gasteiger partial charge is 0.0701 e. The molecule has 0 aliphatic heterocycles. The first-order valence-electron chi connectivity index (χ1n) is 7.37. The highest BCUT2D eigenvalue weighted by molar-refractivity contribution is 5.52. The van der Waals surface area contributed by atoms with E-state index in [1.165, 1.54) is 19.3 Å². The predicted octanol–water partition coefficient (Wildman–Crippen LogP) is 2.94. The molecule has 2 aliphatic rings. The number of nitrogens with one attached hydrogen (secondary N) is 1. The molecule has 2 N–H and O–H groups in total. The minimum absolute atomic E-state index is 0.0950. The molecule has 0 saturated heterocycles. The lowest BCUT2D eigenvalue weighted by Crippen LogP contribution is -2.64. The summed E-state index contributed by atoms with van der Waals surface area (Å²) in [6, 6.07) is 8.54. The van der Waals surface area contributed by atoms with Crippen molar-refractivity contribution in [1.82, 2.24) is 0 Å². The highest BCUT2D eigenvalue weighted by atomic mass is 16.5. The fraction of sp³-hybridized carbons (Fsp3) is 0.625. The zero-order valence-corrected chi connectivity index (χ0v) is 11.6. The topological polar surface area (TPSA) is 41.5 Å². The number of ether oxygens (including phenoxy) is 1. The molecule has 0 amide bonds. The molecule has 2 atom stereocenters. The zero-order chi connectivity index (χ0) is 13.3. The van der Waals surface area contributed by atoms with Gasteiger partial charge in [0, 0.05) is 29.3 Å². The molecule has 1 spiro atoms. The second kappa shape index (κ2) is 5.14. The van der Waals surface area contributed by atoms with E-state index in [0.717, 1.165) is 24.3 Å². The van der Waals surface area contributed by atoms with Crippen molar-refractivity contribution in [3.63, 3.8) is 0 Å². The van der Waals surface area contributed by atoms with Crippen LogP contribution in [0.25, 0.3) is 0 Å². The van der Waals surface area contributed by atoms with Crippen LogP contribution in [-0.2, 0) is 11.3 Å². The van der Waals surface area contributed by atoms with Gasteiger partial charge in [0.1, 0.15) is 0 Å². The second-order valence-corrected chi connectivity index (χ2v) is 5.78. The van der Waals surface area contributed by atoms with Crippen LogP contribution >= 0.6 is 0 Å². The molecule has 2 unspecified atom stereocenters. The highest BCUT2D eigenvalue weighted by Crippen LogP contribution is 2.58. The van der Waals surface area contributed by atoms with Crippen LogP contribution in [0.1, 0.15) is 38.2 Å². The van der Waals surface area contributed by atoms with Gasteiger partial charge in [0.25, 0.3) is 0 Å². The van der Waals surface area contributed by atoms with E-state index in [4.69, 9.17) is 4.74 Å². The number of hydrogen-bond acceptors (Lipinski definition) is 3. The Hall–Kier alpha value is -1.06. The molecule has 104 valence electrons. The maximum Gasteiger partial charge on any atom is 0.0701 e. The first kappa shape index (κ1) is 12.9. The highest BCUT2D eigenvalue weighted by Gasteiger charge is 2.58. The molecule has 0 aromatic heterocycles. The number of hydrogen-bond donors (Lipinski definition) is 2. The summed E-state index contributed by atoms with van der Waals surface area (Å²) in [5.74, 6) is 0. The van der Waals surface area contributed by atoms with Crippen molar-refractivity contribution >= 4 is 5.69 Å². The van der Waals surface area contributed by atoms with Crippen molar-refractivity contribution in [2.75, 3.05) is 11.9 Å². The number of para-hydroxylation sites is 1. The first-order chi connectivity index (χ1) is 9.30. The van der Waals surface area contributed by atoms with Crippen LogP contribution in [0, 0.1) is 5.41 Å². The number of benzene rings is 1. The summed E-state index contributed by atoms with van der Waals surface area (Å²) in [5.41, 5.74) is 2.42. The summed E-state index contributed by atoms with van der Waals surface area (Å²) in [6.45, 7) is 2.98. The van der Waals surface area contributed by atoms with Crippen molar-refractivity contribution in [3.05, 3.63) is 29.8 Å². The number of aliphatic hydroxyl groups is 1. The van der Waals surface area contributed by atoms with Gasteiger partial charge in [0.15, 0.2) is 0 Å². The average Bonchev–Trinajstić information content (AvgIpc) is 2.36. The van der Waals surface area contributed by atoms with Gasteiger partial charge in [-0.05, 0) is 32.3 Å². The summed E-state index contributed by atoms with van der Waals surface area (Å²) in [7, 11) is 0. The molecule has 3 rings (SSSR count). The van der Waals surface area contributed by atoms with Gasteiger partial charge in [-0.1, -0.05) is 24.6 Å². The Morgan fingerprint density at radius 1 is 1.37 bits per heavy atom. The number of anilines is 1. The van der Waals surface area contributed by atoms with Gasteiger partial charge in [-0.2, -0.15) is 0 Å². The van der Waals surface area contributed by atoms with Crippen LogP contribution in [0.2, 0.25) is 0 Å². The summed E-state index contributed by atoms with van der Waals surface area (Å²) >= 11 is 0. The van der Waals surface area contributed by atoms with Crippen LogP contribution in [0.4, 0.5) is 5.69 Å². The van der Waals surface area contributed by atoms with Crippen molar-refractivity contribution in [2.45, 2.75) is 51.4 Å². The third-order valence-corrected chi connectivity index (χ3v) is 4.95. The standard InChI is InChI=1S/C16H23NO2/c1-2-19-15-10-14(16(15)8-5-9-16)17-13-7-4-3-6-12(13)11-18/h3-4,6-7,14-15,17-18H,2,5,8-11H2,1H3. The van der Waals surface area contributed by atoms with Crippen molar-refractivity contribution in [1.29, 1.82) is 0 Å². The van der Waals surface area contributed by atoms with E-state index in [1.807, 2.05) is 18.2 Å². The maximum atomic E-state index is 9.39. The van der Waals surface area contributed by atoms with E-state index in [1.54, 1.807) is 0 Å². The van der Waals surface area contributed by atoms with E-state index in [2.05, 4.69) is 18.3 Å². The van der Waals surface area contributed by atoms with E-state index in [0.29, 0.717) is 17.6 Å². The molecule has 19 heavy (non-hydrogen) atoms. The van der Waals surface area contributed by atoms with Crippen molar-refractivity contribution in [3.8, 4) is 0 Å². The quantitative estimate of drug-likeness (QED) is 0.856. The summed E-state index contributed by atoms with van der Waals surface area (Å²) in [5, 5.41) is 13.0. The van der Waals surface area contributed by atoms with E-state index >= 15 is 0 Å². The van der Waals surface area contributed by atoms with Crippen molar-refractivity contribution in [2.24, 2.45) is 5.41 Å². The molecule has 2 saturated carbocycles. The van der Waals surface area contributed by atoms with Crippen LogP contribution in [0.5, 0.6) is 0 Å². The third kappa shape index (κ3) is 2.05. The molecular weight excluding hydrogens is 238 g/mol. The molecule has 2 fully saturated rings. The van der Waals surface area contributed by atoms with E-state index in [9.17, 15) is 5.11 Å². The Kier molecular flexibility index (Phi) is 3.50. The molecular formula is C16H23NO2. The molecule has 2 aliphatic carbocycles. The Balaban J connectivity index is 1.71. The normalized spacial score (nSPS) is 27.7. The third-order valence-electron chi connectivity index (χ3n) is 4.95. The lowest BCUT2D eigenvalue weighted by Gasteiger charge is -2.61. The summed E-state index contributed by atoms with van der Waals surface area (Å²) < 4.78 is 5.87. The van der Waals surface area contributed by atoms with Gasteiger partial charge in [-0.15, -0.1) is 0 Å². The largest absolute Gasteiger partial charge is 0.392 e. The van der Waals surface area contributed by atoms with Crippen LogP contribution in [-0.4, -0.2) is 23.9 Å². The SMILES string of the molecule is CCOC1CC(Nc2ccccc2CO)C12CCC2. The molecule has 0 radical (unpaired) electrons. The lowest BCUT2D eigenvalue weighted by atomic mass is 9.51. The van der Waals surface area contributed by atoms with Crippen molar-refractivity contribution < 1.29 is 9.84 Å². The van der Waals surface area contributed by atoms with Gasteiger partial charge < -0.3 is 15.2 Å². The van der Waals surface area contributed by atoms with E-state index in [-0.39, 0.29) is 6.61 Å².